The highest BCUT2D eigenvalue weighted by Crippen LogP contribution is 2.23. The summed E-state index contributed by atoms with van der Waals surface area (Å²) >= 11 is 3.26. The van der Waals surface area contributed by atoms with Crippen LogP contribution in [0.4, 0.5) is 0 Å². The fraction of sp³-hybridized carbons (Fsp3) is 0.333. The maximum Gasteiger partial charge on any atom is 0.242 e. The molecule has 0 saturated carbocycles. The Hall–Kier alpha value is -1.29. The molecule has 0 fully saturated rings. The van der Waals surface area contributed by atoms with Gasteiger partial charge in [0.2, 0.25) is 10.0 Å². The second kappa shape index (κ2) is 6.65. The Morgan fingerprint density at radius 1 is 1.43 bits per heavy atom. The van der Waals surface area contributed by atoms with Gasteiger partial charge in [-0.25, -0.2) is 13.1 Å². The van der Waals surface area contributed by atoms with Crippen LogP contribution in [0.3, 0.4) is 0 Å². The van der Waals surface area contributed by atoms with Crippen molar-refractivity contribution in [3.05, 3.63) is 40.4 Å². The van der Waals surface area contributed by atoms with E-state index in [0.29, 0.717) is 23.4 Å². The molecule has 114 valence electrons. The van der Waals surface area contributed by atoms with Gasteiger partial charge < -0.3 is 10.3 Å². The van der Waals surface area contributed by atoms with Crippen molar-refractivity contribution >= 4 is 26.0 Å². The first-order valence-electron chi connectivity index (χ1n) is 6.32. The van der Waals surface area contributed by atoms with Crippen molar-refractivity contribution in [2.24, 2.45) is 5.73 Å². The van der Waals surface area contributed by atoms with Crippen LogP contribution in [0.15, 0.2) is 33.9 Å². The minimum Gasteiger partial charge on any atom is -0.326 e. The van der Waals surface area contributed by atoms with Gasteiger partial charge in [-0.2, -0.15) is 0 Å². The number of aromatic nitrogens is 3. The minimum absolute atomic E-state index is 0.0846. The summed E-state index contributed by atoms with van der Waals surface area (Å²) in [6.07, 6.45) is 1.57. The van der Waals surface area contributed by atoms with E-state index in [1.165, 1.54) is 6.07 Å². The van der Waals surface area contributed by atoms with Gasteiger partial charge in [0.1, 0.15) is 12.2 Å². The van der Waals surface area contributed by atoms with Crippen LogP contribution < -0.4 is 10.5 Å². The maximum absolute atomic E-state index is 12.3. The Morgan fingerprint density at radius 3 is 2.81 bits per heavy atom. The molecule has 0 amide bonds. The van der Waals surface area contributed by atoms with Crippen molar-refractivity contribution in [3.63, 3.8) is 0 Å². The third-order valence-electron chi connectivity index (χ3n) is 2.98. The number of halogens is 1. The van der Waals surface area contributed by atoms with E-state index in [-0.39, 0.29) is 11.4 Å². The average Bonchev–Trinajstić information content (AvgIpc) is 2.92. The third kappa shape index (κ3) is 3.67. The summed E-state index contributed by atoms with van der Waals surface area (Å²) in [6, 6.07) is 4.91. The van der Waals surface area contributed by atoms with E-state index in [2.05, 4.69) is 30.8 Å². The van der Waals surface area contributed by atoms with E-state index in [1.54, 1.807) is 23.0 Å². The van der Waals surface area contributed by atoms with E-state index in [4.69, 9.17) is 5.73 Å². The van der Waals surface area contributed by atoms with Crippen molar-refractivity contribution in [1.29, 1.82) is 0 Å². The number of rotatable bonds is 6. The molecule has 0 aliphatic carbocycles. The molecule has 0 bridgehead atoms. The number of benzene rings is 1. The van der Waals surface area contributed by atoms with E-state index >= 15 is 0 Å². The maximum atomic E-state index is 12.3. The summed E-state index contributed by atoms with van der Waals surface area (Å²) in [6.45, 7) is 3.05. The van der Waals surface area contributed by atoms with Gasteiger partial charge in [-0.3, -0.25) is 0 Å². The second-order valence-electron chi connectivity index (χ2n) is 4.33. The normalized spacial score (nSPS) is 11.8. The van der Waals surface area contributed by atoms with Crippen LogP contribution in [0.5, 0.6) is 0 Å². The molecule has 2 aromatic rings. The lowest BCUT2D eigenvalue weighted by atomic mass is 10.2. The number of hydrogen-bond donors (Lipinski definition) is 2. The third-order valence-corrected chi connectivity index (χ3v) is 5.36. The van der Waals surface area contributed by atoms with Gasteiger partial charge in [0.25, 0.3) is 0 Å². The number of nitrogens with zero attached hydrogens (tertiary/aromatic N) is 3. The van der Waals surface area contributed by atoms with E-state index in [1.807, 2.05) is 6.92 Å². The lowest BCUT2D eigenvalue weighted by molar-refractivity contribution is 0.574. The molecular formula is C12H16BrN5O2S. The molecule has 0 unspecified atom stereocenters. The SMILES string of the molecule is CCn1cnnc1CNS(=O)(=O)c1ccc(CN)cc1Br. The zero-order valence-electron chi connectivity index (χ0n) is 11.5. The highest BCUT2D eigenvalue weighted by Gasteiger charge is 2.18. The van der Waals surface area contributed by atoms with Crippen LogP contribution in [0.25, 0.3) is 0 Å². The predicted molar refractivity (Wildman–Crippen MR) is 81.8 cm³/mol. The molecule has 21 heavy (non-hydrogen) atoms. The number of nitrogens with two attached hydrogens (primary N) is 1. The molecule has 0 aliphatic heterocycles. The minimum atomic E-state index is -3.64. The van der Waals surface area contributed by atoms with Crippen molar-refractivity contribution < 1.29 is 8.42 Å². The molecule has 7 nitrogen and oxygen atoms in total. The molecule has 1 aromatic heterocycles. The second-order valence-corrected chi connectivity index (χ2v) is 6.92. The fourth-order valence-corrected chi connectivity index (χ4v) is 3.91. The summed E-state index contributed by atoms with van der Waals surface area (Å²) in [5.74, 6) is 0.566. The molecular weight excluding hydrogens is 358 g/mol. The van der Waals surface area contributed by atoms with Gasteiger partial charge >= 0.3 is 0 Å². The van der Waals surface area contributed by atoms with Gasteiger partial charge in [-0.05, 0) is 40.5 Å². The first-order chi connectivity index (χ1) is 9.97. The van der Waals surface area contributed by atoms with Gasteiger partial charge in [0.15, 0.2) is 0 Å². The lowest BCUT2D eigenvalue weighted by Gasteiger charge is -2.09. The van der Waals surface area contributed by atoms with Gasteiger partial charge in [-0.15, -0.1) is 10.2 Å². The summed E-state index contributed by atoms with van der Waals surface area (Å²) < 4.78 is 29.4. The standard InChI is InChI=1S/C12H16BrN5O2S/c1-2-18-8-15-17-12(18)7-16-21(19,20)11-4-3-9(6-14)5-10(11)13/h3-5,8,16H,2,6-7,14H2,1H3. The molecule has 1 heterocycles. The molecule has 9 heteroatoms. The molecule has 1 aromatic carbocycles. The Balaban J connectivity index is 2.19. The van der Waals surface area contributed by atoms with E-state index in [9.17, 15) is 8.42 Å². The molecule has 0 radical (unpaired) electrons. The largest absolute Gasteiger partial charge is 0.326 e. The Labute approximate surface area is 131 Å². The highest BCUT2D eigenvalue weighted by atomic mass is 79.9. The number of sulfonamides is 1. The summed E-state index contributed by atoms with van der Waals surface area (Å²) in [5, 5.41) is 7.65. The first kappa shape index (κ1) is 16.1. The number of hydrogen-bond acceptors (Lipinski definition) is 5. The monoisotopic (exact) mass is 373 g/mol. The zero-order chi connectivity index (χ0) is 15.5. The topological polar surface area (TPSA) is 103 Å². The van der Waals surface area contributed by atoms with Gasteiger partial charge in [-0.1, -0.05) is 6.07 Å². The molecule has 0 spiro atoms. The Kier molecular flexibility index (Phi) is 5.09. The van der Waals surface area contributed by atoms with E-state index in [0.717, 1.165) is 5.56 Å². The number of nitrogens with one attached hydrogen (secondary N) is 1. The molecule has 0 saturated heterocycles. The molecule has 2 rings (SSSR count). The average molecular weight is 374 g/mol. The zero-order valence-corrected chi connectivity index (χ0v) is 13.9. The fourth-order valence-electron chi connectivity index (χ4n) is 1.81. The van der Waals surface area contributed by atoms with Gasteiger partial charge in [0, 0.05) is 17.6 Å². The van der Waals surface area contributed by atoms with Crippen LogP contribution in [0.2, 0.25) is 0 Å². The lowest BCUT2D eigenvalue weighted by Crippen LogP contribution is -2.25. The van der Waals surface area contributed by atoms with Crippen LogP contribution in [-0.2, 0) is 29.7 Å². The van der Waals surface area contributed by atoms with Crippen LogP contribution in [0.1, 0.15) is 18.3 Å². The summed E-state index contributed by atoms with van der Waals surface area (Å²) in [5.41, 5.74) is 6.38. The van der Waals surface area contributed by atoms with Gasteiger partial charge in [0.05, 0.1) is 11.4 Å². The summed E-state index contributed by atoms with van der Waals surface area (Å²) in [7, 11) is -3.64. The Bertz CT molecular complexity index is 729. The van der Waals surface area contributed by atoms with Crippen molar-refractivity contribution in [2.75, 3.05) is 0 Å². The van der Waals surface area contributed by atoms with Crippen molar-refractivity contribution in [3.8, 4) is 0 Å². The summed E-state index contributed by atoms with van der Waals surface area (Å²) in [4.78, 5) is 0.169. The van der Waals surface area contributed by atoms with Crippen molar-refractivity contribution in [2.45, 2.75) is 31.5 Å². The van der Waals surface area contributed by atoms with Crippen LogP contribution in [0, 0.1) is 0 Å². The van der Waals surface area contributed by atoms with Crippen LogP contribution in [-0.4, -0.2) is 23.2 Å². The smallest absolute Gasteiger partial charge is 0.242 e. The van der Waals surface area contributed by atoms with Crippen LogP contribution >= 0.6 is 15.9 Å². The van der Waals surface area contributed by atoms with E-state index < -0.39 is 10.0 Å². The molecule has 3 N–H and O–H groups in total. The predicted octanol–water partition coefficient (Wildman–Crippen LogP) is 0.998. The highest BCUT2D eigenvalue weighted by molar-refractivity contribution is 9.10. The van der Waals surface area contributed by atoms with Crippen molar-refractivity contribution in [1.82, 2.24) is 19.5 Å². The molecule has 0 atom stereocenters. The quantitative estimate of drug-likeness (QED) is 0.785. The number of aryl methyl sites for hydroxylation is 1. The molecule has 0 aliphatic rings. The first-order valence-corrected chi connectivity index (χ1v) is 8.60. The Morgan fingerprint density at radius 2 is 2.19 bits per heavy atom.